The molecule has 0 aliphatic carbocycles. The van der Waals surface area contributed by atoms with Crippen LogP contribution in [0.1, 0.15) is 30.7 Å². The van der Waals surface area contributed by atoms with Crippen molar-refractivity contribution in [1.82, 2.24) is 10.2 Å². The Morgan fingerprint density at radius 3 is 3.18 bits per heavy atom. The van der Waals surface area contributed by atoms with Gasteiger partial charge in [-0.2, -0.15) is 0 Å². The zero-order valence-corrected chi connectivity index (χ0v) is 11.3. The molecule has 94 valence electrons. The second kappa shape index (κ2) is 5.65. The topological polar surface area (TPSA) is 32.3 Å². The Bertz CT molecular complexity index is 364. The molecule has 1 amide bonds. The molecule has 2 unspecified atom stereocenters. The lowest BCUT2D eigenvalue weighted by atomic mass is 10.1. The first-order valence-corrected chi connectivity index (χ1v) is 7.10. The van der Waals surface area contributed by atoms with Crippen molar-refractivity contribution in [2.45, 2.75) is 25.8 Å². The third-order valence-corrected chi connectivity index (χ3v) is 4.31. The SMILES string of the molecule is CNCC(C)C(=O)N1CCCC1c1cccs1. The highest BCUT2D eigenvalue weighted by Gasteiger charge is 2.32. The highest BCUT2D eigenvalue weighted by molar-refractivity contribution is 7.10. The summed E-state index contributed by atoms with van der Waals surface area (Å²) in [5.74, 6) is 0.357. The molecule has 1 aliphatic rings. The molecule has 4 heteroatoms. The quantitative estimate of drug-likeness (QED) is 0.891. The Labute approximate surface area is 107 Å². The lowest BCUT2D eigenvalue weighted by Crippen LogP contribution is -2.37. The van der Waals surface area contributed by atoms with Gasteiger partial charge >= 0.3 is 0 Å². The largest absolute Gasteiger partial charge is 0.335 e. The van der Waals surface area contributed by atoms with Crippen molar-refractivity contribution in [3.05, 3.63) is 22.4 Å². The number of amides is 1. The molecule has 1 N–H and O–H groups in total. The van der Waals surface area contributed by atoms with E-state index in [0.717, 1.165) is 25.9 Å². The summed E-state index contributed by atoms with van der Waals surface area (Å²) in [6.07, 6.45) is 2.24. The fraction of sp³-hybridized carbons (Fsp3) is 0.615. The van der Waals surface area contributed by atoms with Gasteiger partial charge in [-0.05, 0) is 31.3 Å². The molecular weight excluding hydrogens is 232 g/mol. The molecule has 0 bridgehead atoms. The van der Waals surface area contributed by atoms with Crippen LogP contribution in [0.3, 0.4) is 0 Å². The first-order chi connectivity index (χ1) is 8.24. The van der Waals surface area contributed by atoms with E-state index in [9.17, 15) is 4.79 Å². The van der Waals surface area contributed by atoms with Gasteiger partial charge in [-0.1, -0.05) is 13.0 Å². The lowest BCUT2D eigenvalue weighted by molar-refractivity contribution is -0.135. The van der Waals surface area contributed by atoms with Crippen LogP contribution in [0, 0.1) is 5.92 Å². The summed E-state index contributed by atoms with van der Waals surface area (Å²) in [5.41, 5.74) is 0. The van der Waals surface area contributed by atoms with E-state index < -0.39 is 0 Å². The molecule has 1 aliphatic heterocycles. The Morgan fingerprint density at radius 2 is 2.53 bits per heavy atom. The van der Waals surface area contributed by atoms with Crippen molar-refractivity contribution >= 4 is 17.2 Å². The third kappa shape index (κ3) is 2.69. The van der Waals surface area contributed by atoms with Gasteiger partial charge in [0.1, 0.15) is 0 Å². The Balaban J connectivity index is 2.07. The molecule has 2 rings (SSSR count). The second-order valence-electron chi connectivity index (χ2n) is 4.66. The van der Waals surface area contributed by atoms with Crippen LogP contribution < -0.4 is 5.32 Å². The van der Waals surface area contributed by atoms with Crippen molar-refractivity contribution < 1.29 is 4.79 Å². The van der Waals surface area contributed by atoms with E-state index in [4.69, 9.17) is 0 Å². The third-order valence-electron chi connectivity index (χ3n) is 3.34. The van der Waals surface area contributed by atoms with E-state index in [-0.39, 0.29) is 11.8 Å². The summed E-state index contributed by atoms with van der Waals surface area (Å²) in [4.78, 5) is 15.7. The fourth-order valence-electron chi connectivity index (χ4n) is 2.48. The molecule has 3 nitrogen and oxygen atoms in total. The molecule has 17 heavy (non-hydrogen) atoms. The number of thiophene rings is 1. The maximum Gasteiger partial charge on any atom is 0.227 e. The molecule has 0 spiro atoms. The van der Waals surface area contributed by atoms with Crippen LogP contribution in [-0.2, 0) is 4.79 Å². The molecule has 1 saturated heterocycles. The van der Waals surface area contributed by atoms with Crippen molar-refractivity contribution in [2.75, 3.05) is 20.1 Å². The maximum atomic E-state index is 12.3. The molecule has 1 aromatic heterocycles. The van der Waals surface area contributed by atoms with Gasteiger partial charge in [0.2, 0.25) is 5.91 Å². The molecule has 0 saturated carbocycles. The molecule has 2 atom stereocenters. The summed E-state index contributed by atoms with van der Waals surface area (Å²) >= 11 is 1.76. The van der Waals surface area contributed by atoms with Gasteiger partial charge in [0, 0.05) is 23.9 Å². The molecule has 1 aromatic rings. The summed E-state index contributed by atoms with van der Waals surface area (Å²) in [6.45, 7) is 3.67. The van der Waals surface area contributed by atoms with Crippen molar-refractivity contribution in [3.8, 4) is 0 Å². The summed E-state index contributed by atoms with van der Waals surface area (Å²) in [5, 5.41) is 5.17. The van der Waals surface area contributed by atoms with E-state index in [2.05, 4.69) is 27.7 Å². The number of hydrogen-bond acceptors (Lipinski definition) is 3. The minimum atomic E-state index is 0.0700. The van der Waals surface area contributed by atoms with Crippen LogP contribution in [-0.4, -0.2) is 30.9 Å². The van der Waals surface area contributed by atoms with Crippen LogP contribution in [0.25, 0.3) is 0 Å². The Morgan fingerprint density at radius 1 is 1.71 bits per heavy atom. The van der Waals surface area contributed by atoms with Gasteiger partial charge in [-0.3, -0.25) is 4.79 Å². The zero-order valence-electron chi connectivity index (χ0n) is 10.5. The number of rotatable bonds is 4. The van der Waals surface area contributed by atoms with Crippen LogP contribution in [0.15, 0.2) is 17.5 Å². The van der Waals surface area contributed by atoms with Gasteiger partial charge in [0.05, 0.1) is 6.04 Å². The highest BCUT2D eigenvalue weighted by atomic mass is 32.1. The Kier molecular flexibility index (Phi) is 4.18. The molecule has 0 aromatic carbocycles. The number of carbonyl (C=O) groups is 1. The number of hydrogen-bond donors (Lipinski definition) is 1. The van der Waals surface area contributed by atoms with Crippen LogP contribution in [0.5, 0.6) is 0 Å². The van der Waals surface area contributed by atoms with Gasteiger partial charge in [-0.25, -0.2) is 0 Å². The summed E-state index contributed by atoms with van der Waals surface area (Å²) in [7, 11) is 1.89. The maximum absolute atomic E-state index is 12.3. The number of nitrogens with one attached hydrogen (secondary N) is 1. The molecule has 2 heterocycles. The predicted octanol–water partition coefficient (Wildman–Crippen LogP) is 2.27. The molecule has 1 fully saturated rings. The predicted molar refractivity (Wildman–Crippen MR) is 71.1 cm³/mol. The number of carbonyl (C=O) groups excluding carboxylic acids is 1. The highest BCUT2D eigenvalue weighted by Crippen LogP contribution is 2.35. The smallest absolute Gasteiger partial charge is 0.227 e. The summed E-state index contributed by atoms with van der Waals surface area (Å²) < 4.78 is 0. The first-order valence-electron chi connectivity index (χ1n) is 6.22. The average Bonchev–Trinajstić information content (AvgIpc) is 2.98. The van der Waals surface area contributed by atoms with E-state index in [1.165, 1.54) is 4.88 Å². The standard InChI is InChI=1S/C13H20N2OS/c1-10(9-14-2)13(16)15-7-3-5-11(15)12-6-4-8-17-12/h4,6,8,10-11,14H,3,5,7,9H2,1-2H3. The lowest BCUT2D eigenvalue weighted by Gasteiger charge is -2.26. The van der Waals surface area contributed by atoms with Gasteiger partial charge in [0.15, 0.2) is 0 Å². The minimum absolute atomic E-state index is 0.0700. The van der Waals surface area contributed by atoms with E-state index in [0.29, 0.717) is 6.04 Å². The van der Waals surface area contributed by atoms with Gasteiger partial charge in [0.25, 0.3) is 0 Å². The minimum Gasteiger partial charge on any atom is -0.335 e. The van der Waals surface area contributed by atoms with Gasteiger partial charge in [-0.15, -0.1) is 11.3 Å². The van der Waals surface area contributed by atoms with E-state index in [1.807, 2.05) is 14.0 Å². The van der Waals surface area contributed by atoms with E-state index in [1.54, 1.807) is 11.3 Å². The van der Waals surface area contributed by atoms with E-state index >= 15 is 0 Å². The zero-order chi connectivity index (χ0) is 12.3. The van der Waals surface area contributed by atoms with Crippen LogP contribution in [0.2, 0.25) is 0 Å². The van der Waals surface area contributed by atoms with Gasteiger partial charge < -0.3 is 10.2 Å². The summed E-state index contributed by atoms with van der Waals surface area (Å²) in [6, 6.07) is 4.53. The van der Waals surface area contributed by atoms with Crippen molar-refractivity contribution in [3.63, 3.8) is 0 Å². The Hall–Kier alpha value is -0.870. The fourth-order valence-corrected chi connectivity index (χ4v) is 3.36. The normalized spacial score (nSPS) is 21.8. The average molecular weight is 252 g/mol. The molecular formula is C13H20N2OS. The first kappa shape index (κ1) is 12.6. The van der Waals surface area contributed by atoms with Crippen molar-refractivity contribution in [1.29, 1.82) is 0 Å². The van der Waals surface area contributed by atoms with Crippen LogP contribution >= 0.6 is 11.3 Å². The van der Waals surface area contributed by atoms with Crippen LogP contribution in [0.4, 0.5) is 0 Å². The van der Waals surface area contributed by atoms with Crippen molar-refractivity contribution in [2.24, 2.45) is 5.92 Å². The second-order valence-corrected chi connectivity index (χ2v) is 5.64. The molecule has 0 radical (unpaired) electrons. The number of likely N-dealkylation sites (tertiary alicyclic amines) is 1. The number of nitrogens with zero attached hydrogens (tertiary/aromatic N) is 1. The monoisotopic (exact) mass is 252 g/mol.